The molecule has 3 aromatic rings. The van der Waals surface area contributed by atoms with Crippen molar-refractivity contribution in [1.29, 1.82) is 0 Å². The molecule has 0 unspecified atom stereocenters. The van der Waals surface area contributed by atoms with Crippen molar-refractivity contribution in [3.63, 3.8) is 0 Å². The van der Waals surface area contributed by atoms with Gasteiger partial charge in [-0.05, 0) is 30.3 Å². The maximum Gasteiger partial charge on any atom is 0.263 e. The third kappa shape index (κ3) is 4.35. The molecule has 28 heavy (non-hydrogen) atoms. The molecular formula is C19H11Cl3F2N2O2. The normalized spacial score (nSPS) is 10.8. The van der Waals surface area contributed by atoms with Crippen molar-refractivity contribution in [2.24, 2.45) is 0 Å². The Hall–Kier alpha value is -2.41. The minimum atomic E-state index is -0.974. The molecule has 0 atom stereocenters. The fourth-order valence-electron chi connectivity index (χ4n) is 2.51. The SMILES string of the molecule is O=C(Nc1ccc(F)cc1F)c1cc(Cl)cn(Cc2c(Cl)cccc2Cl)c1=O. The van der Waals surface area contributed by atoms with E-state index in [1.807, 2.05) is 0 Å². The van der Waals surface area contributed by atoms with Crippen LogP contribution in [0.3, 0.4) is 0 Å². The molecule has 0 aliphatic carbocycles. The van der Waals surface area contributed by atoms with Crippen LogP contribution >= 0.6 is 34.8 Å². The highest BCUT2D eigenvalue weighted by Gasteiger charge is 2.17. The summed E-state index contributed by atoms with van der Waals surface area (Å²) in [5.41, 5.74) is -0.794. The van der Waals surface area contributed by atoms with Crippen LogP contribution in [0.25, 0.3) is 0 Å². The van der Waals surface area contributed by atoms with E-state index in [-0.39, 0.29) is 22.8 Å². The minimum Gasteiger partial charge on any atom is -0.319 e. The summed E-state index contributed by atoms with van der Waals surface area (Å²) in [6.45, 7) is -0.0247. The number of anilines is 1. The van der Waals surface area contributed by atoms with Gasteiger partial charge in [-0.15, -0.1) is 0 Å². The first-order valence-electron chi connectivity index (χ1n) is 7.85. The van der Waals surface area contributed by atoms with E-state index >= 15 is 0 Å². The lowest BCUT2D eigenvalue weighted by Gasteiger charge is -2.12. The van der Waals surface area contributed by atoms with Crippen LogP contribution in [0.2, 0.25) is 15.1 Å². The molecule has 0 aliphatic heterocycles. The highest BCUT2D eigenvalue weighted by Crippen LogP contribution is 2.25. The number of rotatable bonds is 4. The second-order valence-electron chi connectivity index (χ2n) is 5.78. The van der Waals surface area contributed by atoms with Crippen LogP contribution in [0.15, 0.2) is 53.5 Å². The van der Waals surface area contributed by atoms with Crippen LogP contribution < -0.4 is 10.9 Å². The molecule has 1 N–H and O–H groups in total. The number of amides is 1. The van der Waals surface area contributed by atoms with Crippen molar-refractivity contribution in [2.75, 3.05) is 5.32 Å². The second-order valence-corrected chi connectivity index (χ2v) is 7.03. The molecule has 4 nitrogen and oxygen atoms in total. The van der Waals surface area contributed by atoms with Gasteiger partial charge in [-0.1, -0.05) is 40.9 Å². The standard InChI is InChI=1S/C19H11Cl3F2N2O2/c20-10-6-12(18(27)25-17-5-4-11(23)7-16(17)24)19(28)26(8-10)9-13-14(21)2-1-3-15(13)22/h1-8H,9H2,(H,25,27). The Morgan fingerprint density at radius 3 is 2.36 bits per heavy atom. The number of nitrogens with one attached hydrogen (secondary N) is 1. The third-order valence-corrected chi connectivity index (χ3v) is 4.78. The number of halogens is 5. The van der Waals surface area contributed by atoms with Gasteiger partial charge in [-0.25, -0.2) is 8.78 Å². The number of benzene rings is 2. The topological polar surface area (TPSA) is 51.1 Å². The molecule has 0 spiro atoms. The molecule has 1 amide bonds. The molecule has 1 heterocycles. The Bertz CT molecular complexity index is 1110. The van der Waals surface area contributed by atoms with Crippen molar-refractivity contribution in [2.45, 2.75) is 6.54 Å². The monoisotopic (exact) mass is 442 g/mol. The lowest BCUT2D eigenvalue weighted by molar-refractivity contribution is 0.102. The van der Waals surface area contributed by atoms with Gasteiger partial charge in [0.25, 0.3) is 11.5 Å². The Balaban J connectivity index is 1.96. The first-order valence-corrected chi connectivity index (χ1v) is 8.99. The molecule has 144 valence electrons. The molecule has 0 aliphatic rings. The number of hydrogen-bond acceptors (Lipinski definition) is 2. The van der Waals surface area contributed by atoms with Crippen molar-refractivity contribution in [3.05, 3.63) is 96.8 Å². The van der Waals surface area contributed by atoms with Crippen molar-refractivity contribution < 1.29 is 13.6 Å². The van der Waals surface area contributed by atoms with Gasteiger partial charge < -0.3 is 9.88 Å². The van der Waals surface area contributed by atoms with Gasteiger partial charge in [-0.2, -0.15) is 0 Å². The summed E-state index contributed by atoms with van der Waals surface area (Å²) in [5.74, 6) is -2.66. The van der Waals surface area contributed by atoms with Crippen LogP contribution in [-0.2, 0) is 6.54 Å². The number of carbonyl (C=O) groups excluding carboxylic acids is 1. The number of hydrogen-bond donors (Lipinski definition) is 1. The quantitative estimate of drug-likeness (QED) is 0.588. The zero-order valence-electron chi connectivity index (χ0n) is 14.0. The fourth-order valence-corrected chi connectivity index (χ4v) is 3.26. The van der Waals surface area contributed by atoms with E-state index < -0.39 is 23.1 Å². The molecule has 2 aromatic carbocycles. The van der Waals surface area contributed by atoms with Gasteiger partial charge in [0.2, 0.25) is 0 Å². The average Bonchev–Trinajstić information content (AvgIpc) is 2.63. The summed E-state index contributed by atoms with van der Waals surface area (Å²) >= 11 is 18.3. The molecule has 0 saturated heterocycles. The van der Waals surface area contributed by atoms with Gasteiger partial charge in [0.15, 0.2) is 0 Å². The predicted octanol–water partition coefficient (Wildman–Crippen LogP) is 5.39. The molecular weight excluding hydrogens is 433 g/mol. The zero-order valence-corrected chi connectivity index (χ0v) is 16.2. The molecule has 0 radical (unpaired) electrons. The van der Waals surface area contributed by atoms with Crippen LogP contribution in [-0.4, -0.2) is 10.5 Å². The molecule has 0 saturated carbocycles. The lowest BCUT2D eigenvalue weighted by Crippen LogP contribution is -2.29. The van der Waals surface area contributed by atoms with Gasteiger partial charge >= 0.3 is 0 Å². The summed E-state index contributed by atoms with van der Waals surface area (Å²) in [7, 11) is 0. The number of carbonyl (C=O) groups is 1. The van der Waals surface area contributed by atoms with Crippen molar-refractivity contribution in [1.82, 2.24) is 4.57 Å². The fraction of sp³-hybridized carbons (Fsp3) is 0.0526. The van der Waals surface area contributed by atoms with E-state index in [0.717, 1.165) is 18.2 Å². The van der Waals surface area contributed by atoms with E-state index in [1.165, 1.54) is 10.8 Å². The largest absolute Gasteiger partial charge is 0.319 e. The Kier molecular flexibility index (Phi) is 6.03. The van der Waals surface area contributed by atoms with E-state index in [9.17, 15) is 18.4 Å². The molecule has 0 bridgehead atoms. The Morgan fingerprint density at radius 1 is 1.04 bits per heavy atom. The molecule has 9 heteroatoms. The minimum absolute atomic E-state index is 0.0247. The first kappa shape index (κ1) is 20.3. The number of aromatic nitrogens is 1. The summed E-state index contributed by atoms with van der Waals surface area (Å²) in [5, 5.41) is 3.03. The lowest BCUT2D eigenvalue weighted by atomic mass is 10.2. The van der Waals surface area contributed by atoms with Crippen LogP contribution in [0.1, 0.15) is 15.9 Å². The number of nitrogens with zero attached hydrogens (tertiary/aromatic N) is 1. The van der Waals surface area contributed by atoms with E-state index in [2.05, 4.69) is 5.32 Å². The van der Waals surface area contributed by atoms with Crippen LogP contribution in [0.4, 0.5) is 14.5 Å². The van der Waals surface area contributed by atoms with Crippen LogP contribution in [0, 0.1) is 11.6 Å². The van der Waals surface area contributed by atoms with Crippen molar-refractivity contribution in [3.8, 4) is 0 Å². The number of pyridine rings is 1. The third-order valence-electron chi connectivity index (χ3n) is 3.87. The Morgan fingerprint density at radius 2 is 1.71 bits per heavy atom. The maximum atomic E-state index is 13.8. The maximum absolute atomic E-state index is 13.8. The summed E-state index contributed by atoms with van der Waals surface area (Å²) in [6, 6.07) is 8.69. The molecule has 3 rings (SSSR count). The highest BCUT2D eigenvalue weighted by atomic mass is 35.5. The average molecular weight is 444 g/mol. The molecule has 1 aromatic heterocycles. The smallest absolute Gasteiger partial charge is 0.263 e. The van der Waals surface area contributed by atoms with Gasteiger partial charge in [0.1, 0.15) is 17.2 Å². The summed E-state index contributed by atoms with van der Waals surface area (Å²) < 4.78 is 27.9. The van der Waals surface area contributed by atoms with Crippen LogP contribution in [0.5, 0.6) is 0 Å². The first-order chi connectivity index (χ1) is 13.3. The van der Waals surface area contributed by atoms with Gasteiger partial charge in [0, 0.05) is 27.9 Å². The highest BCUT2D eigenvalue weighted by molar-refractivity contribution is 6.36. The van der Waals surface area contributed by atoms with E-state index in [4.69, 9.17) is 34.8 Å². The van der Waals surface area contributed by atoms with Crippen molar-refractivity contribution >= 4 is 46.4 Å². The van der Waals surface area contributed by atoms with E-state index in [1.54, 1.807) is 18.2 Å². The van der Waals surface area contributed by atoms with Gasteiger partial charge in [0.05, 0.1) is 17.3 Å². The predicted molar refractivity (Wildman–Crippen MR) is 106 cm³/mol. The summed E-state index contributed by atoms with van der Waals surface area (Å²) in [4.78, 5) is 25.2. The summed E-state index contributed by atoms with van der Waals surface area (Å²) in [6.07, 6.45) is 1.33. The Labute approximate surface area is 173 Å². The van der Waals surface area contributed by atoms with E-state index in [0.29, 0.717) is 21.7 Å². The van der Waals surface area contributed by atoms with Gasteiger partial charge in [-0.3, -0.25) is 9.59 Å². The molecule has 0 fully saturated rings. The second kappa shape index (κ2) is 8.31. The zero-order chi connectivity index (χ0) is 20.4.